The lowest BCUT2D eigenvalue weighted by molar-refractivity contribution is -0.274. The Morgan fingerprint density at radius 3 is 2.00 bits per heavy atom. The van der Waals surface area contributed by atoms with E-state index < -0.39 is 13.4 Å². The van der Waals surface area contributed by atoms with Crippen LogP contribution in [0.5, 0.6) is 5.75 Å². The van der Waals surface area contributed by atoms with Gasteiger partial charge in [-0.1, -0.05) is 48.0 Å². The summed E-state index contributed by atoms with van der Waals surface area (Å²) in [6.45, 7) is 7.86. The first-order valence-corrected chi connectivity index (χ1v) is 12.0. The molecule has 4 rings (SSSR count). The Hall–Kier alpha value is -2.29. The minimum absolute atomic E-state index is 0.125. The van der Waals surface area contributed by atoms with Crippen molar-refractivity contribution in [2.24, 2.45) is 0 Å². The maximum absolute atomic E-state index is 12.6. The van der Waals surface area contributed by atoms with Crippen LogP contribution >= 0.6 is 0 Å². The molecule has 0 amide bonds. The van der Waals surface area contributed by atoms with E-state index >= 15 is 0 Å². The minimum Gasteiger partial charge on any atom is -0.437 e. The number of likely N-dealkylation sites (tertiary alicyclic amines) is 1. The lowest BCUT2D eigenvalue weighted by Crippen LogP contribution is -2.57. The van der Waals surface area contributed by atoms with Gasteiger partial charge in [0.15, 0.2) is 0 Å². The van der Waals surface area contributed by atoms with Crippen molar-refractivity contribution >= 4 is 12.6 Å². The molecule has 34 heavy (non-hydrogen) atoms. The molecule has 0 bridgehead atoms. The minimum atomic E-state index is -4.70. The summed E-state index contributed by atoms with van der Waals surface area (Å²) < 4.78 is 41.8. The van der Waals surface area contributed by atoms with Crippen LogP contribution in [0.2, 0.25) is 6.82 Å². The number of rotatable bonds is 5. The van der Waals surface area contributed by atoms with Crippen LogP contribution in [0.4, 0.5) is 13.2 Å². The molecule has 2 fully saturated rings. The smallest absolute Gasteiger partial charge is 0.437 e. The number of alkyl halides is 3. The van der Waals surface area contributed by atoms with E-state index in [0.29, 0.717) is 0 Å². The molecule has 0 atom stereocenters. The van der Waals surface area contributed by atoms with Gasteiger partial charge in [-0.25, -0.2) is 0 Å². The van der Waals surface area contributed by atoms with Gasteiger partial charge in [-0.05, 0) is 81.4 Å². The average molecular weight is 472 g/mol. The first-order chi connectivity index (χ1) is 16.1. The normalized spacial score (nSPS) is 19.6. The Morgan fingerprint density at radius 1 is 0.912 bits per heavy atom. The molecule has 2 heterocycles. The predicted octanol–water partition coefficient (Wildman–Crippen LogP) is 5.45. The summed E-state index contributed by atoms with van der Waals surface area (Å²) in [5, 5.41) is 9.89. The Kier molecular flexibility index (Phi) is 7.40. The van der Waals surface area contributed by atoms with Crippen LogP contribution in [0.1, 0.15) is 43.7 Å². The first kappa shape index (κ1) is 24.8. The number of hydrogen-bond donors (Lipinski definition) is 1. The molecular weight excluding hydrogens is 440 g/mol. The van der Waals surface area contributed by atoms with Crippen LogP contribution < -0.4 is 4.74 Å². The fourth-order valence-electron chi connectivity index (χ4n) is 5.27. The van der Waals surface area contributed by atoms with Crippen molar-refractivity contribution in [2.45, 2.75) is 51.3 Å². The number of piperidine rings is 2. The SMILES string of the molecule is CB(O)N1CCC(C)(N2CCC(=C(c3ccccc3)c3ccc(OC(F)(F)F)cc3)CC2)CC1. The second-order valence-corrected chi connectivity index (χ2v) is 9.57. The largest absolute Gasteiger partial charge is 0.573 e. The van der Waals surface area contributed by atoms with Crippen LogP contribution in [-0.2, 0) is 0 Å². The highest BCUT2D eigenvalue weighted by molar-refractivity contribution is 6.45. The molecular formula is C26H32BF3N2O2. The van der Waals surface area contributed by atoms with Crippen molar-refractivity contribution in [1.82, 2.24) is 9.71 Å². The zero-order valence-electron chi connectivity index (χ0n) is 19.8. The van der Waals surface area contributed by atoms with Gasteiger partial charge in [0.1, 0.15) is 5.75 Å². The van der Waals surface area contributed by atoms with Crippen molar-refractivity contribution < 1.29 is 22.9 Å². The highest BCUT2D eigenvalue weighted by atomic mass is 19.4. The summed E-state index contributed by atoms with van der Waals surface area (Å²) in [5.74, 6) is -0.208. The van der Waals surface area contributed by atoms with Crippen molar-refractivity contribution in [2.75, 3.05) is 26.2 Å². The molecule has 4 nitrogen and oxygen atoms in total. The van der Waals surface area contributed by atoms with Crippen molar-refractivity contribution in [1.29, 1.82) is 0 Å². The molecule has 2 aromatic rings. The van der Waals surface area contributed by atoms with E-state index in [9.17, 15) is 18.2 Å². The van der Waals surface area contributed by atoms with Crippen LogP contribution in [0.15, 0.2) is 60.2 Å². The van der Waals surface area contributed by atoms with Crippen LogP contribution in [0.25, 0.3) is 5.57 Å². The molecule has 2 aromatic carbocycles. The Bertz CT molecular complexity index is 975. The monoisotopic (exact) mass is 472 g/mol. The van der Waals surface area contributed by atoms with E-state index in [2.05, 4.69) is 33.5 Å². The summed E-state index contributed by atoms with van der Waals surface area (Å²) >= 11 is 0. The third-order valence-electron chi connectivity index (χ3n) is 7.33. The maximum atomic E-state index is 12.6. The fourth-order valence-corrected chi connectivity index (χ4v) is 5.27. The second-order valence-electron chi connectivity index (χ2n) is 9.57. The summed E-state index contributed by atoms with van der Waals surface area (Å²) in [5.41, 5.74) is 4.54. The Balaban J connectivity index is 1.54. The number of nitrogens with zero attached hydrogens (tertiary/aromatic N) is 2. The van der Waals surface area contributed by atoms with Crippen LogP contribution in [0, 0.1) is 0 Å². The number of ether oxygens (including phenoxy) is 1. The van der Waals surface area contributed by atoms with Gasteiger partial charge in [-0.3, -0.25) is 4.90 Å². The molecule has 2 saturated heterocycles. The van der Waals surface area contributed by atoms with Gasteiger partial charge >= 0.3 is 13.4 Å². The summed E-state index contributed by atoms with van der Waals surface area (Å²) in [6, 6.07) is 16.3. The fraction of sp³-hybridized carbons (Fsp3) is 0.462. The van der Waals surface area contributed by atoms with Crippen molar-refractivity contribution in [3.8, 4) is 5.75 Å². The highest BCUT2D eigenvalue weighted by Gasteiger charge is 2.38. The molecule has 1 N–H and O–H groups in total. The van der Waals surface area contributed by atoms with Crippen LogP contribution in [0.3, 0.4) is 0 Å². The number of hydrogen-bond acceptors (Lipinski definition) is 4. The lowest BCUT2D eigenvalue weighted by atomic mass is 9.77. The maximum Gasteiger partial charge on any atom is 0.573 e. The standard InChI is InChI=1S/C26H32BF3N2O2/c1-25(14-18-32(19-15-25)27(2)33)31-16-12-22(13-17-31)24(20-6-4-3-5-7-20)21-8-10-23(11-9-21)34-26(28,29)30/h3-11,33H,12-19H2,1-2H3. The number of halogens is 3. The molecule has 0 aromatic heterocycles. The quantitative estimate of drug-likeness (QED) is 0.588. The van der Waals surface area contributed by atoms with Crippen LogP contribution in [-0.4, -0.2) is 59.9 Å². The van der Waals surface area contributed by atoms with Gasteiger partial charge in [0.25, 0.3) is 0 Å². The third kappa shape index (κ3) is 5.85. The lowest BCUT2D eigenvalue weighted by Gasteiger charge is -2.49. The molecule has 8 heteroatoms. The summed E-state index contributed by atoms with van der Waals surface area (Å²) in [7, 11) is -0.401. The first-order valence-electron chi connectivity index (χ1n) is 12.0. The van der Waals surface area contributed by atoms with E-state index in [1.54, 1.807) is 12.1 Å². The molecule has 0 saturated carbocycles. The van der Waals surface area contributed by atoms with Crippen molar-refractivity contribution in [3.63, 3.8) is 0 Å². The van der Waals surface area contributed by atoms with Crippen molar-refractivity contribution in [3.05, 3.63) is 71.3 Å². The second kappa shape index (κ2) is 10.1. The topological polar surface area (TPSA) is 35.9 Å². The molecule has 0 unspecified atom stereocenters. The van der Waals surface area contributed by atoms with E-state index in [1.165, 1.54) is 17.7 Å². The number of benzene rings is 2. The zero-order valence-corrected chi connectivity index (χ0v) is 19.8. The zero-order chi connectivity index (χ0) is 24.3. The third-order valence-corrected chi connectivity index (χ3v) is 7.33. The van der Waals surface area contributed by atoms with Gasteiger partial charge in [0.05, 0.1) is 0 Å². The molecule has 0 radical (unpaired) electrons. The Labute approximate surface area is 200 Å². The van der Waals surface area contributed by atoms with Gasteiger partial charge in [-0.2, -0.15) is 0 Å². The molecule has 0 aliphatic carbocycles. The molecule has 0 spiro atoms. The molecule has 2 aliphatic heterocycles. The predicted molar refractivity (Wildman–Crippen MR) is 129 cm³/mol. The highest BCUT2D eigenvalue weighted by Crippen LogP contribution is 2.37. The molecule has 182 valence electrons. The molecule has 2 aliphatic rings. The van der Waals surface area contributed by atoms with E-state index in [0.717, 1.165) is 68.6 Å². The van der Waals surface area contributed by atoms with Gasteiger partial charge in [-0.15, -0.1) is 13.2 Å². The van der Waals surface area contributed by atoms with E-state index in [1.807, 2.05) is 25.0 Å². The average Bonchev–Trinajstić information content (AvgIpc) is 2.81. The van der Waals surface area contributed by atoms with E-state index in [-0.39, 0.29) is 11.3 Å². The Morgan fingerprint density at radius 2 is 1.47 bits per heavy atom. The summed E-state index contributed by atoms with van der Waals surface area (Å²) in [6.07, 6.45) is -0.801. The van der Waals surface area contributed by atoms with E-state index in [4.69, 9.17) is 0 Å². The summed E-state index contributed by atoms with van der Waals surface area (Å²) in [4.78, 5) is 4.70. The van der Waals surface area contributed by atoms with Gasteiger partial charge in [0.2, 0.25) is 0 Å². The van der Waals surface area contributed by atoms with Gasteiger partial charge < -0.3 is 14.6 Å². The van der Waals surface area contributed by atoms with Gasteiger partial charge in [0, 0.05) is 18.6 Å².